The Balaban J connectivity index is 0.000000260. The third kappa shape index (κ3) is 6.68. The molecule has 0 saturated heterocycles. The molecule has 3 aromatic rings. The first-order valence-electron chi connectivity index (χ1n) is 12.4. The number of fused-ring (bicyclic) bond motifs is 1. The molecule has 2 unspecified atom stereocenters. The van der Waals surface area contributed by atoms with E-state index in [1.54, 1.807) is 24.5 Å². The van der Waals surface area contributed by atoms with Crippen molar-refractivity contribution in [1.82, 2.24) is 24.8 Å². The fraction of sp³-hybridized carbons (Fsp3) is 0.500. The van der Waals surface area contributed by atoms with E-state index in [0.717, 1.165) is 19.3 Å². The van der Waals surface area contributed by atoms with Gasteiger partial charge in [-0.1, -0.05) is 11.6 Å². The van der Waals surface area contributed by atoms with Crippen LogP contribution in [0.1, 0.15) is 65.2 Å². The third-order valence-corrected chi connectivity index (χ3v) is 6.41. The highest BCUT2D eigenvalue weighted by Crippen LogP contribution is 2.34. The fourth-order valence-corrected chi connectivity index (χ4v) is 4.61. The van der Waals surface area contributed by atoms with E-state index < -0.39 is 17.5 Å². The summed E-state index contributed by atoms with van der Waals surface area (Å²) >= 11 is 6.15. The van der Waals surface area contributed by atoms with Gasteiger partial charge in [0.25, 0.3) is 0 Å². The third-order valence-electron chi connectivity index (χ3n) is 6.14. The summed E-state index contributed by atoms with van der Waals surface area (Å²) in [4.78, 5) is 23.1. The van der Waals surface area contributed by atoms with Gasteiger partial charge in [0.05, 0.1) is 28.5 Å². The van der Waals surface area contributed by atoms with Gasteiger partial charge in [-0.05, 0) is 59.1 Å². The van der Waals surface area contributed by atoms with E-state index >= 15 is 0 Å². The lowest BCUT2D eigenvalue weighted by molar-refractivity contribution is 0.0641. The van der Waals surface area contributed by atoms with Crippen LogP contribution in [-0.2, 0) is 10.3 Å². The second kappa shape index (κ2) is 11.9. The smallest absolute Gasteiger partial charge is 0.407 e. The topological polar surface area (TPSA) is 152 Å². The number of aromatic nitrogens is 4. The van der Waals surface area contributed by atoms with Gasteiger partial charge in [0, 0.05) is 31.0 Å². The Bertz CT molecular complexity index is 1350. The molecule has 1 aliphatic rings. The van der Waals surface area contributed by atoms with Crippen molar-refractivity contribution in [2.45, 2.75) is 71.1 Å². The van der Waals surface area contributed by atoms with Gasteiger partial charge in [0.1, 0.15) is 23.0 Å². The van der Waals surface area contributed by atoms with Crippen LogP contribution in [-0.4, -0.2) is 43.9 Å². The van der Waals surface area contributed by atoms with Crippen molar-refractivity contribution < 1.29 is 19.0 Å². The van der Waals surface area contributed by atoms with Crippen molar-refractivity contribution in [2.75, 3.05) is 12.8 Å². The van der Waals surface area contributed by atoms with Crippen molar-refractivity contribution in [1.29, 1.82) is 5.26 Å². The number of nitrogen functional groups attached to an aromatic ring is 1. The summed E-state index contributed by atoms with van der Waals surface area (Å²) in [6, 6.07) is 5.23. The monoisotopic (exact) mass is 545 g/mol. The highest BCUT2D eigenvalue weighted by molar-refractivity contribution is 6.33. The molecule has 2 aromatic heterocycles. The van der Waals surface area contributed by atoms with Crippen molar-refractivity contribution >= 4 is 34.7 Å². The number of rotatable bonds is 4. The lowest BCUT2D eigenvalue weighted by Crippen LogP contribution is -2.29. The number of carbonyl (C=O) groups excluding carboxylic acids is 1. The average Bonchev–Trinajstić information content (AvgIpc) is 3.27. The highest BCUT2D eigenvalue weighted by Gasteiger charge is 2.28. The Morgan fingerprint density at radius 2 is 2.08 bits per heavy atom. The second-order valence-corrected chi connectivity index (χ2v) is 10.4. The maximum atomic E-state index is 14.7. The van der Waals surface area contributed by atoms with Gasteiger partial charge in [-0.25, -0.2) is 24.1 Å². The van der Waals surface area contributed by atoms with Crippen LogP contribution in [0.2, 0.25) is 5.02 Å². The molecule has 2 heterocycles. The minimum Gasteiger partial charge on any atom is -0.446 e. The summed E-state index contributed by atoms with van der Waals surface area (Å²) in [6.45, 7) is 7.12. The quantitative estimate of drug-likeness (QED) is 0.409. The van der Waals surface area contributed by atoms with Gasteiger partial charge in [0.2, 0.25) is 5.95 Å². The van der Waals surface area contributed by atoms with Gasteiger partial charge < -0.3 is 25.5 Å². The van der Waals surface area contributed by atoms with E-state index in [9.17, 15) is 14.3 Å². The van der Waals surface area contributed by atoms with Crippen molar-refractivity contribution in [3.63, 3.8) is 0 Å². The molecule has 1 aromatic carbocycles. The minimum atomic E-state index is -1.22. The first-order valence-corrected chi connectivity index (χ1v) is 12.7. The number of anilines is 1. The molecule has 4 rings (SSSR count). The molecule has 1 fully saturated rings. The van der Waals surface area contributed by atoms with Crippen LogP contribution in [0.25, 0.3) is 22.3 Å². The summed E-state index contributed by atoms with van der Waals surface area (Å²) in [5.74, 6) is -0.0228. The lowest BCUT2D eigenvalue weighted by Gasteiger charge is -2.24. The lowest BCUT2D eigenvalue weighted by atomic mass is 9.88. The summed E-state index contributed by atoms with van der Waals surface area (Å²) in [5, 5.41) is 21.8. The maximum Gasteiger partial charge on any atom is 0.407 e. The van der Waals surface area contributed by atoms with Crippen molar-refractivity contribution in [3.8, 4) is 17.3 Å². The fourth-order valence-electron chi connectivity index (χ4n) is 4.41. The minimum absolute atomic E-state index is 0.0352. The number of amides is 1. The first kappa shape index (κ1) is 29.1. The molecular formula is C26H33ClFN7O3. The largest absolute Gasteiger partial charge is 0.446 e. The number of aliphatic hydroxyl groups is 1. The Labute approximate surface area is 226 Å². The van der Waals surface area contributed by atoms with Crippen LogP contribution < -0.4 is 11.1 Å². The molecule has 0 spiro atoms. The van der Waals surface area contributed by atoms with Crippen LogP contribution in [0, 0.1) is 23.1 Å². The van der Waals surface area contributed by atoms with Gasteiger partial charge in [0.15, 0.2) is 5.82 Å². The number of alkyl carbamates (subject to hydrolysis) is 1. The molecule has 38 heavy (non-hydrogen) atoms. The molecule has 1 aliphatic carbocycles. The van der Waals surface area contributed by atoms with E-state index in [4.69, 9.17) is 27.3 Å². The number of hydrogen-bond donors (Lipinski definition) is 3. The number of nitriles is 1. The number of hydrogen-bond acceptors (Lipinski definition) is 8. The summed E-state index contributed by atoms with van der Waals surface area (Å²) < 4.78 is 21.6. The van der Waals surface area contributed by atoms with Gasteiger partial charge >= 0.3 is 6.09 Å². The summed E-state index contributed by atoms with van der Waals surface area (Å²) in [7, 11) is 1.53. The molecule has 1 saturated carbocycles. The molecule has 2 atom stereocenters. The first-order chi connectivity index (χ1) is 17.8. The molecule has 0 bridgehead atoms. The van der Waals surface area contributed by atoms with Crippen LogP contribution in [0.5, 0.6) is 0 Å². The Hall–Kier alpha value is -3.49. The zero-order valence-electron chi connectivity index (χ0n) is 22.1. The number of nitrogens with two attached hydrogens (primary N) is 1. The predicted molar refractivity (Wildman–Crippen MR) is 143 cm³/mol. The summed E-state index contributed by atoms with van der Waals surface area (Å²) in [5.41, 5.74) is 5.96. The average molecular weight is 546 g/mol. The zero-order valence-corrected chi connectivity index (χ0v) is 22.9. The van der Waals surface area contributed by atoms with Crippen LogP contribution in [0.4, 0.5) is 15.1 Å². The Kier molecular flexibility index (Phi) is 9.12. The molecular weight excluding hydrogens is 513 g/mol. The number of nitrogens with one attached hydrogen (secondary N) is 1. The molecule has 12 heteroatoms. The number of ether oxygens (including phenoxy) is 1. The molecule has 10 nitrogen and oxygen atoms in total. The van der Waals surface area contributed by atoms with E-state index in [0.29, 0.717) is 29.0 Å². The molecule has 1 amide bonds. The van der Waals surface area contributed by atoms with Gasteiger partial charge in [-0.2, -0.15) is 5.26 Å². The van der Waals surface area contributed by atoms with Gasteiger partial charge in [-0.3, -0.25) is 0 Å². The molecule has 4 N–H and O–H groups in total. The predicted octanol–water partition coefficient (Wildman–Crippen LogP) is 5.10. The molecule has 0 radical (unpaired) electrons. The zero-order chi connectivity index (χ0) is 28.2. The second-order valence-electron chi connectivity index (χ2n) is 9.98. The summed E-state index contributed by atoms with van der Waals surface area (Å²) in [6.07, 6.45) is 4.38. The van der Waals surface area contributed by atoms with E-state index in [1.807, 2.05) is 13.8 Å². The van der Waals surface area contributed by atoms with Crippen LogP contribution in [0.3, 0.4) is 0 Å². The van der Waals surface area contributed by atoms with Crippen molar-refractivity contribution in [3.05, 3.63) is 35.0 Å². The molecule has 204 valence electrons. The Morgan fingerprint density at radius 1 is 1.37 bits per heavy atom. The number of imidazole rings is 1. The van der Waals surface area contributed by atoms with Gasteiger partial charge in [-0.15, -0.1) is 0 Å². The number of halogens is 2. The highest BCUT2D eigenvalue weighted by atomic mass is 35.5. The molecule has 0 aliphatic heterocycles. The maximum absolute atomic E-state index is 14.7. The number of nitrogens with zero attached hydrogens (tertiary/aromatic N) is 5. The number of carbonyl (C=O) groups is 1. The van der Waals surface area contributed by atoms with E-state index in [-0.39, 0.29) is 34.6 Å². The van der Waals surface area contributed by atoms with E-state index in [1.165, 1.54) is 19.3 Å². The normalized spacial score (nSPS) is 17.5. The van der Waals surface area contributed by atoms with E-state index in [2.05, 4.69) is 26.3 Å². The van der Waals surface area contributed by atoms with Crippen LogP contribution >= 0.6 is 11.6 Å². The number of benzene rings is 1. The standard InChI is InChI=1S/C17H19ClFN5O.C9H14N2O2/c1-8(2)24-12-6-9(13-10(18)7-21-16(20)23-13)5-11(19)14(12)22-15(24)17(3,4)25;1-11-9(12)13-8-4-2-3-7(5-8)6-10/h5-8,25H,1-4H3,(H2,20,21,23);7-8H,2-5H2,1H3,(H,11,12). The SMILES string of the molecule is CC(C)n1c(C(C)(C)O)nc2c(F)cc(-c3nc(N)ncc3Cl)cc21.CNC(=O)OC1CCCC(C#N)C1. The van der Waals surface area contributed by atoms with Crippen molar-refractivity contribution in [2.24, 2.45) is 5.92 Å². The Morgan fingerprint density at radius 3 is 2.68 bits per heavy atom. The van der Waals surface area contributed by atoms with Crippen LogP contribution in [0.15, 0.2) is 18.3 Å².